The predicted octanol–water partition coefficient (Wildman–Crippen LogP) is 4.67. The number of halogens is 1. The van der Waals surface area contributed by atoms with Crippen molar-refractivity contribution in [1.29, 1.82) is 0 Å². The standard InChI is InChI=1S/C15H14ClN3O2S/c1-9-4-3-5-13(10(9)2)18-15(22)17-11-6-7-12(16)14(8-11)19(20)21/h3-8H,1-2H3,(H2,17,18,22). The number of anilines is 2. The first-order valence-electron chi connectivity index (χ1n) is 6.46. The highest BCUT2D eigenvalue weighted by Crippen LogP contribution is 2.27. The van der Waals surface area contributed by atoms with Gasteiger partial charge < -0.3 is 10.6 Å². The lowest BCUT2D eigenvalue weighted by Crippen LogP contribution is -2.19. The van der Waals surface area contributed by atoms with Gasteiger partial charge in [-0.2, -0.15) is 0 Å². The van der Waals surface area contributed by atoms with Crippen LogP contribution in [0, 0.1) is 24.0 Å². The van der Waals surface area contributed by atoms with Crippen molar-refractivity contribution in [3.63, 3.8) is 0 Å². The van der Waals surface area contributed by atoms with Crippen molar-refractivity contribution in [3.8, 4) is 0 Å². The molecule has 0 saturated heterocycles. The summed E-state index contributed by atoms with van der Waals surface area (Å²) >= 11 is 11.0. The van der Waals surface area contributed by atoms with Gasteiger partial charge in [-0.25, -0.2) is 0 Å². The number of nitrogens with one attached hydrogen (secondary N) is 2. The normalized spacial score (nSPS) is 10.1. The van der Waals surface area contributed by atoms with Gasteiger partial charge in [-0.3, -0.25) is 10.1 Å². The predicted molar refractivity (Wildman–Crippen MR) is 93.9 cm³/mol. The van der Waals surface area contributed by atoms with Crippen LogP contribution in [0.3, 0.4) is 0 Å². The first kappa shape index (κ1) is 16.2. The Hall–Kier alpha value is -2.18. The van der Waals surface area contributed by atoms with Gasteiger partial charge in [0.1, 0.15) is 5.02 Å². The smallest absolute Gasteiger partial charge is 0.289 e. The molecule has 0 radical (unpaired) electrons. The molecule has 2 aromatic carbocycles. The Kier molecular flexibility index (Phi) is 4.95. The first-order valence-corrected chi connectivity index (χ1v) is 7.25. The maximum atomic E-state index is 10.9. The lowest BCUT2D eigenvalue weighted by Gasteiger charge is -2.13. The van der Waals surface area contributed by atoms with E-state index in [1.165, 1.54) is 12.1 Å². The van der Waals surface area contributed by atoms with Crippen molar-refractivity contribution >= 4 is 46.0 Å². The van der Waals surface area contributed by atoms with Gasteiger partial charge in [0.05, 0.1) is 4.92 Å². The number of hydrogen-bond acceptors (Lipinski definition) is 3. The van der Waals surface area contributed by atoms with Crippen molar-refractivity contribution in [3.05, 3.63) is 62.7 Å². The van der Waals surface area contributed by atoms with E-state index < -0.39 is 4.92 Å². The number of thiocarbonyl (C=S) groups is 1. The molecule has 2 N–H and O–H groups in total. The monoisotopic (exact) mass is 335 g/mol. The van der Waals surface area contributed by atoms with Gasteiger partial charge in [-0.15, -0.1) is 0 Å². The van der Waals surface area contributed by atoms with E-state index in [1.807, 2.05) is 32.0 Å². The molecule has 0 aliphatic carbocycles. The molecule has 0 unspecified atom stereocenters. The van der Waals surface area contributed by atoms with Crippen molar-refractivity contribution in [2.75, 3.05) is 10.6 Å². The summed E-state index contributed by atoms with van der Waals surface area (Å²) in [5, 5.41) is 17.3. The number of hydrogen-bond donors (Lipinski definition) is 2. The summed E-state index contributed by atoms with van der Waals surface area (Å²) in [7, 11) is 0. The molecule has 0 spiro atoms. The maximum absolute atomic E-state index is 10.9. The molecule has 0 atom stereocenters. The van der Waals surface area contributed by atoms with Crippen LogP contribution in [0.4, 0.5) is 17.1 Å². The Morgan fingerprint density at radius 3 is 2.64 bits per heavy atom. The van der Waals surface area contributed by atoms with Crippen LogP contribution in [0.25, 0.3) is 0 Å². The average Bonchev–Trinajstić information content (AvgIpc) is 2.45. The summed E-state index contributed by atoms with van der Waals surface area (Å²) in [6, 6.07) is 10.3. The molecule has 0 aromatic heterocycles. The Bertz CT molecular complexity index is 750. The van der Waals surface area contributed by atoms with Gasteiger partial charge in [0.25, 0.3) is 5.69 Å². The van der Waals surface area contributed by atoms with Crippen molar-refractivity contribution in [2.24, 2.45) is 0 Å². The van der Waals surface area contributed by atoms with E-state index in [1.54, 1.807) is 6.07 Å². The molecule has 22 heavy (non-hydrogen) atoms. The largest absolute Gasteiger partial charge is 0.332 e. The molecular formula is C15H14ClN3O2S. The summed E-state index contributed by atoms with van der Waals surface area (Å²) in [6.45, 7) is 4.01. The minimum atomic E-state index is -0.533. The molecule has 0 heterocycles. The van der Waals surface area contributed by atoms with Gasteiger partial charge in [0, 0.05) is 17.4 Å². The highest BCUT2D eigenvalue weighted by molar-refractivity contribution is 7.80. The molecule has 0 saturated carbocycles. The van der Waals surface area contributed by atoms with E-state index in [9.17, 15) is 10.1 Å². The van der Waals surface area contributed by atoms with Gasteiger partial charge in [-0.1, -0.05) is 23.7 Å². The second-order valence-electron chi connectivity index (χ2n) is 4.75. The molecule has 0 fully saturated rings. The summed E-state index contributed by atoms with van der Waals surface area (Å²) in [6.07, 6.45) is 0. The van der Waals surface area contributed by atoms with E-state index in [4.69, 9.17) is 23.8 Å². The SMILES string of the molecule is Cc1cccc(NC(=S)Nc2ccc(Cl)c([N+](=O)[O-])c2)c1C. The van der Waals surface area contributed by atoms with Crippen LogP contribution in [0.2, 0.25) is 5.02 Å². The zero-order valence-corrected chi connectivity index (χ0v) is 13.6. The van der Waals surface area contributed by atoms with Gasteiger partial charge in [-0.05, 0) is 55.4 Å². The van der Waals surface area contributed by atoms with Crippen LogP contribution in [-0.2, 0) is 0 Å². The van der Waals surface area contributed by atoms with Gasteiger partial charge in [0.15, 0.2) is 5.11 Å². The second-order valence-corrected chi connectivity index (χ2v) is 5.57. The van der Waals surface area contributed by atoms with Crippen LogP contribution < -0.4 is 10.6 Å². The van der Waals surface area contributed by atoms with E-state index in [-0.39, 0.29) is 10.7 Å². The quantitative estimate of drug-likeness (QED) is 0.484. The second kappa shape index (κ2) is 6.72. The third-order valence-electron chi connectivity index (χ3n) is 3.25. The third-order valence-corrected chi connectivity index (χ3v) is 3.78. The van der Waals surface area contributed by atoms with Crippen molar-refractivity contribution in [2.45, 2.75) is 13.8 Å². The number of rotatable bonds is 3. The van der Waals surface area contributed by atoms with Crippen molar-refractivity contribution in [1.82, 2.24) is 0 Å². The fourth-order valence-corrected chi connectivity index (χ4v) is 2.32. The highest BCUT2D eigenvalue weighted by atomic mass is 35.5. The lowest BCUT2D eigenvalue weighted by atomic mass is 10.1. The summed E-state index contributed by atoms with van der Waals surface area (Å²) < 4.78 is 0. The van der Waals surface area contributed by atoms with Crippen molar-refractivity contribution < 1.29 is 4.92 Å². The fourth-order valence-electron chi connectivity index (χ4n) is 1.90. The molecule has 5 nitrogen and oxygen atoms in total. The van der Waals surface area contributed by atoms with Crippen LogP contribution >= 0.6 is 23.8 Å². The zero-order valence-electron chi connectivity index (χ0n) is 12.0. The minimum absolute atomic E-state index is 0.0870. The summed E-state index contributed by atoms with van der Waals surface area (Å²) in [5.74, 6) is 0. The highest BCUT2D eigenvalue weighted by Gasteiger charge is 2.13. The van der Waals surface area contributed by atoms with Gasteiger partial charge >= 0.3 is 0 Å². The van der Waals surface area contributed by atoms with Crippen LogP contribution in [0.1, 0.15) is 11.1 Å². The third kappa shape index (κ3) is 3.72. The van der Waals surface area contributed by atoms with E-state index in [2.05, 4.69) is 10.6 Å². The number of nitro groups is 1. The molecular weight excluding hydrogens is 322 g/mol. The average molecular weight is 336 g/mol. The molecule has 2 rings (SSSR count). The van der Waals surface area contributed by atoms with Gasteiger partial charge in [0.2, 0.25) is 0 Å². The summed E-state index contributed by atoms with van der Waals surface area (Å²) in [4.78, 5) is 10.3. The molecule has 114 valence electrons. The number of benzene rings is 2. The molecule has 7 heteroatoms. The number of aryl methyl sites for hydroxylation is 1. The molecule has 0 aliphatic heterocycles. The lowest BCUT2D eigenvalue weighted by molar-refractivity contribution is -0.384. The Morgan fingerprint density at radius 1 is 1.23 bits per heavy atom. The number of nitrogens with zero attached hydrogens (tertiary/aromatic N) is 1. The van der Waals surface area contributed by atoms with Crippen LogP contribution in [-0.4, -0.2) is 10.0 Å². The Balaban J connectivity index is 2.14. The van der Waals surface area contributed by atoms with E-state index >= 15 is 0 Å². The molecule has 0 aliphatic rings. The first-order chi connectivity index (χ1) is 10.4. The van der Waals surface area contributed by atoms with E-state index in [0.29, 0.717) is 10.8 Å². The van der Waals surface area contributed by atoms with E-state index in [0.717, 1.165) is 16.8 Å². The zero-order chi connectivity index (χ0) is 16.3. The Labute approximate surface area is 138 Å². The molecule has 2 aromatic rings. The Morgan fingerprint density at radius 2 is 1.95 bits per heavy atom. The maximum Gasteiger partial charge on any atom is 0.289 e. The molecule has 0 bridgehead atoms. The fraction of sp³-hybridized carbons (Fsp3) is 0.133. The minimum Gasteiger partial charge on any atom is -0.332 e. The van der Waals surface area contributed by atoms with Crippen LogP contribution in [0.15, 0.2) is 36.4 Å². The summed E-state index contributed by atoms with van der Waals surface area (Å²) in [5.41, 5.74) is 3.46. The van der Waals surface area contributed by atoms with Crippen LogP contribution in [0.5, 0.6) is 0 Å². The molecule has 0 amide bonds. The number of nitro benzene ring substituents is 1. The topological polar surface area (TPSA) is 67.2 Å².